The molecule has 0 unspecified atom stereocenters. The molecule has 0 radical (unpaired) electrons. The van der Waals surface area contributed by atoms with Gasteiger partial charge in [-0.1, -0.05) is 6.92 Å². The molecular formula is C19H13N5. The maximum atomic E-state index is 9.38. The summed E-state index contributed by atoms with van der Waals surface area (Å²) in [7, 11) is 0. The summed E-state index contributed by atoms with van der Waals surface area (Å²) in [5.74, 6) is 0. The van der Waals surface area contributed by atoms with Crippen LogP contribution in [-0.2, 0) is 0 Å². The van der Waals surface area contributed by atoms with E-state index >= 15 is 0 Å². The van der Waals surface area contributed by atoms with Crippen molar-refractivity contribution in [1.82, 2.24) is 9.55 Å². The molecule has 1 atom stereocenters. The number of aromatic nitrogens is 2. The zero-order chi connectivity index (χ0) is 17.1. The molecular weight excluding hydrogens is 298 g/mol. The van der Waals surface area contributed by atoms with E-state index in [1.807, 2.05) is 24.4 Å². The highest BCUT2D eigenvalue weighted by Crippen LogP contribution is 2.30. The van der Waals surface area contributed by atoms with E-state index in [4.69, 9.17) is 10.5 Å². The van der Waals surface area contributed by atoms with Crippen LogP contribution in [0.5, 0.6) is 0 Å². The fraction of sp³-hybridized carbons (Fsp3) is 0.158. The molecule has 0 aliphatic heterocycles. The monoisotopic (exact) mass is 311 g/mol. The van der Waals surface area contributed by atoms with Gasteiger partial charge in [0.05, 0.1) is 22.7 Å². The molecule has 5 heteroatoms. The van der Waals surface area contributed by atoms with Crippen molar-refractivity contribution in [3.63, 3.8) is 0 Å². The van der Waals surface area contributed by atoms with Crippen LogP contribution in [0.25, 0.3) is 10.9 Å². The van der Waals surface area contributed by atoms with Crippen LogP contribution in [0, 0.1) is 34.0 Å². The summed E-state index contributed by atoms with van der Waals surface area (Å²) in [6.07, 6.45) is 6.02. The molecule has 0 N–H and O–H groups in total. The maximum absolute atomic E-state index is 9.38. The topological polar surface area (TPSA) is 89.2 Å². The van der Waals surface area contributed by atoms with E-state index in [0.29, 0.717) is 16.7 Å². The van der Waals surface area contributed by atoms with Crippen LogP contribution in [0.1, 0.15) is 41.6 Å². The van der Waals surface area contributed by atoms with Crippen LogP contribution in [0.4, 0.5) is 0 Å². The molecule has 0 spiro atoms. The highest BCUT2D eigenvalue weighted by Gasteiger charge is 2.17. The van der Waals surface area contributed by atoms with Crippen molar-refractivity contribution in [3.05, 3.63) is 65.1 Å². The normalized spacial score (nSPS) is 11.4. The highest BCUT2D eigenvalue weighted by atomic mass is 15.0. The third-order valence-corrected chi connectivity index (χ3v) is 4.13. The number of pyridine rings is 1. The lowest BCUT2D eigenvalue weighted by Crippen LogP contribution is -2.09. The van der Waals surface area contributed by atoms with Gasteiger partial charge in [0.1, 0.15) is 18.2 Å². The summed E-state index contributed by atoms with van der Waals surface area (Å²) in [4.78, 5) is 4.14. The molecule has 0 aliphatic carbocycles. The predicted molar refractivity (Wildman–Crippen MR) is 88.8 cm³/mol. The number of benzene rings is 1. The smallest absolute Gasteiger partial charge is 0.101 e. The maximum Gasteiger partial charge on any atom is 0.101 e. The molecule has 2 aromatic heterocycles. The molecule has 3 rings (SSSR count). The van der Waals surface area contributed by atoms with E-state index in [9.17, 15) is 5.26 Å². The Bertz CT molecular complexity index is 1040. The van der Waals surface area contributed by atoms with Crippen molar-refractivity contribution in [2.24, 2.45) is 0 Å². The lowest BCUT2D eigenvalue weighted by Gasteiger charge is -2.19. The van der Waals surface area contributed by atoms with Gasteiger partial charge in [0.2, 0.25) is 0 Å². The third kappa shape index (κ3) is 2.37. The largest absolute Gasteiger partial charge is 0.340 e. The van der Waals surface area contributed by atoms with Crippen LogP contribution < -0.4 is 0 Å². The summed E-state index contributed by atoms with van der Waals surface area (Å²) in [5.41, 5.74) is 3.13. The molecule has 2 heterocycles. The average molecular weight is 311 g/mol. The summed E-state index contributed by atoms with van der Waals surface area (Å²) < 4.78 is 2.06. The van der Waals surface area contributed by atoms with Gasteiger partial charge in [-0.05, 0) is 36.2 Å². The van der Waals surface area contributed by atoms with Crippen LogP contribution in [0.3, 0.4) is 0 Å². The summed E-state index contributed by atoms with van der Waals surface area (Å²) in [5, 5.41) is 28.4. The first kappa shape index (κ1) is 15.3. The fourth-order valence-electron chi connectivity index (χ4n) is 3.02. The quantitative estimate of drug-likeness (QED) is 0.738. The first-order chi connectivity index (χ1) is 11.7. The molecule has 0 amide bonds. The summed E-state index contributed by atoms with van der Waals surface area (Å²) in [6.45, 7) is 2.06. The summed E-state index contributed by atoms with van der Waals surface area (Å²) >= 11 is 0. The second kappa shape index (κ2) is 6.24. The molecule has 0 aliphatic rings. The third-order valence-electron chi connectivity index (χ3n) is 4.13. The number of nitrogens with zero attached hydrogens (tertiary/aromatic N) is 5. The Morgan fingerprint density at radius 1 is 1.08 bits per heavy atom. The number of fused-ring (bicyclic) bond motifs is 1. The van der Waals surface area contributed by atoms with Crippen molar-refractivity contribution < 1.29 is 0 Å². The number of rotatable bonds is 3. The molecule has 0 saturated heterocycles. The fourth-order valence-corrected chi connectivity index (χ4v) is 3.02. The first-order valence-corrected chi connectivity index (χ1v) is 7.52. The van der Waals surface area contributed by atoms with E-state index < -0.39 is 0 Å². The number of hydrogen-bond donors (Lipinski definition) is 0. The Labute approximate surface area is 139 Å². The van der Waals surface area contributed by atoms with Gasteiger partial charge >= 0.3 is 0 Å². The van der Waals surface area contributed by atoms with E-state index in [1.54, 1.807) is 12.3 Å². The van der Waals surface area contributed by atoms with Gasteiger partial charge in [-0.3, -0.25) is 4.98 Å². The van der Waals surface area contributed by atoms with Gasteiger partial charge in [-0.2, -0.15) is 15.8 Å². The predicted octanol–water partition coefficient (Wildman–Crippen LogP) is 3.65. The van der Waals surface area contributed by atoms with Crippen molar-refractivity contribution in [3.8, 4) is 18.2 Å². The van der Waals surface area contributed by atoms with E-state index in [0.717, 1.165) is 22.9 Å². The Morgan fingerprint density at radius 3 is 2.58 bits per heavy atom. The summed E-state index contributed by atoms with van der Waals surface area (Å²) in [6, 6.07) is 13.5. The van der Waals surface area contributed by atoms with Gasteiger partial charge in [-0.15, -0.1) is 0 Å². The second-order valence-electron chi connectivity index (χ2n) is 5.41. The number of nitriles is 3. The van der Waals surface area contributed by atoms with E-state index in [-0.39, 0.29) is 6.04 Å². The minimum Gasteiger partial charge on any atom is -0.340 e. The highest BCUT2D eigenvalue weighted by molar-refractivity contribution is 5.88. The van der Waals surface area contributed by atoms with Crippen LogP contribution in [-0.4, -0.2) is 9.55 Å². The van der Waals surface area contributed by atoms with Crippen LogP contribution in [0.2, 0.25) is 0 Å². The Balaban J connectivity index is 2.20. The molecule has 3 aromatic rings. The van der Waals surface area contributed by atoms with Crippen molar-refractivity contribution >= 4 is 10.9 Å². The minimum absolute atomic E-state index is 0.00257. The van der Waals surface area contributed by atoms with E-state index in [1.165, 1.54) is 6.20 Å². The average Bonchev–Trinajstić information content (AvgIpc) is 3.05. The Hall–Kier alpha value is -3.62. The zero-order valence-corrected chi connectivity index (χ0v) is 13.1. The van der Waals surface area contributed by atoms with Gasteiger partial charge in [0.15, 0.2) is 0 Å². The van der Waals surface area contributed by atoms with Gasteiger partial charge < -0.3 is 4.57 Å². The first-order valence-electron chi connectivity index (χ1n) is 7.52. The standard InChI is InChI=1S/C19H13N5/c1-2-18(15-7-13(8-20)11-23-12-15)24-6-5-16-17(10-22)14(9-21)3-4-19(16)24/h3-7,11-12,18H,2H2,1H3/t18-/m1/s1. The van der Waals surface area contributed by atoms with E-state index in [2.05, 4.69) is 34.7 Å². The molecule has 24 heavy (non-hydrogen) atoms. The molecule has 0 bridgehead atoms. The minimum atomic E-state index is 0.00257. The van der Waals surface area contributed by atoms with Crippen LogP contribution >= 0.6 is 0 Å². The Morgan fingerprint density at radius 2 is 1.92 bits per heavy atom. The van der Waals surface area contributed by atoms with Crippen LogP contribution in [0.15, 0.2) is 42.9 Å². The van der Waals surface area contributed by atoms with Crippen molar-refractivity contribution in [1.29, 1.82) is 15.8 Å². The van der Waals surface area contributed by atoms with Crippen molar-refractivity contribution in [2.75, 3.05) is 0 Å². The molecule has 114 valence electrons. The number of hydrogen-bond acceptors (Lipinski definition) is 4. The Kier molecular flexibility index (Phi) is 3.98. The van der Waals surface area contributed by atoms with Gasteiger partial charge in [0.25, 0.3) is 0 Å². The molecule has 1 aromatic carbocycles. The molecule has 0 fully saturated rings. The SMILES string of the molecule is CC[C@H](c1cncc(C#N)c1)n1ccc2c(C#N)c(C#N)ccc21. The molecule has 5 nitrogen and oxygen atoms in total. The zero-order valence-electron chi connectivity index (χ0n) is 13.1. The van der Waals surface area contributed by atoms with Gasteiger partial charge in [0, 0.05) is 29.5 Å². The lowest BCUT2D eigenvalue weighted by atomic mass is 10.0. The van der Waals surface area contributed by atoms with Crippen molar-refractivity contribution in [2.45, 2.75) is 19.4 Å². The van der Waals surface area contributed by atoms with Gasteiger partial charge in [-0.25, -0.2) is 0 Å². The lowest BCUT2D eigenvalue weighted by molar-refractivity contribution is 0.583. The second-order valence-corrected chi connectivity index (χ2v) is 5.41. The molecule has 0 saturated carbocycles.